The number of rotatable bonds is 3. The molecule has 2 aromatic rings. The van der Waals surface area contributed by atoms with Crippen molar-refractivity contribution < 1.29 is 4.79 Å². The highest BCUT2D eigenvalue weighted by Gasteiger charge is 2.30. The van der Waals surface area contributed by atoms with Crippen LogP contribution in [-0.4, -0.2) is 43.6 Å². The summed E-state index contributed by atoms with van der Waals surface area (Å²) in [6.45, 7) is 4.56. The van der Waals surface area contributed by atoms with Crippen LogP contribution < -0.4 is 5.73 Å². The van der Waals surface area contributed by atoms with Gasteiger partial charge in [0.15, 0.2) is 5.13 Å². The van der Waals surface area contributed by atoms with Gasteiger partial charge in [0.25, 0.3) is 5.91 Å². The standard InChI is InChI=1S/C18H26N6OS/c1-2-13-15(26-18(19)20-13)17(25)23-10-7-12(8-11-23)16-22-21-14-6-4-3-5-9-24(14)16/h12H,2-11H2,1H3,(H2,19,20). The van der Waals surface area contributed by atoms with E-state index in [1.54, 1.807) is 0 Å². The average molecular weight is 375 g/mol. The van der Waals surface area contributed by atoms with Crippen LogP contribution in [-0.2, 0) is 19.4 Å². The summed E-state index contributed by atoms with van der Waals surface area (Å²) in [5, 5.41) is 9.42. The van der Waals surface area contributed by atoms with Gasteiger partial charge in [-0.3, -0.25) is 4.79 Å². The molecule has 2 aromatic heterocycles. The van der Waals surface area contributed by atoms with Crippen molar-refractivity contribution in [3.05, 3.63) is 22.2 Å². The number of thiazole rings is 1. The van der Waals surface area contributed by atoms with E-state index >= 15 is 0 Å². The normalized spacial score (nSPS) is 18.6. The Morgan fingerprint density at radius 1 is 1.19 bits per heavy atom. The average Bonchev–Trinajstić information content (AvgIpc) is 3.16. The minimum atomic E-state index is 0.0783. The molecule has 1 fully saturated rings. The number of aromatic nitrogens is 4. The molecule has 2 N–H and O–H groups in total. The molecule has 8 heteroatoms. The van der Waals surface area contributed by atoms with E-state index in [1.165, 1.54) is 30.6 Å². The fourth-order valence-corrected chi connectivity index (χ4v) is 4.96. The number of piperidine rings is 1. The van der Waals surface area contributed by atoms with Gasteiger partial charge in [0.1, 0.15) is 16.5 Å². The second kappa shape index (κ2) is 7.34. The van der Waals surface area contributed by atoms with Gasteiger partial charge in [-0.25, -0.2) is 4.98 Å². The number of carbonyl (C=O) groups excluding carboxylic acids is 1. The highest BCUT2D eigenvalue weighted by atomic mass is 32.1. The summed E-state index contributed by atoms with van der Waals surface area (Å²) in [7, 11) is 0. The SMILES string of the molecule is CCc1nc(N)sc1C(=O)N1CCC(c2nnc3n2CCCCC3)CC1. The second-order valence-corrected chi connectivity index (χ2v) is 8.22. The summed E-state index contributed by atoms with van der Waals surface area (Å²) in [5.74, 6) is 2.75. The highest BCUT2D eigenvalue weighted by molar-refractivity contribution is 7.17. The Labute approximate surface area is 157 Å². The number of nitrogen functional groups attached to an aromatic ring is 1. The van der Waals surface area contributed by atoms with E-state index in [-0.39, 0.29) is 5.91 Å². The zero-order valence-electron chi connectivity index (χ0n) is 15.3. The molecule has 0 aromatic carbocycles. The molecule has 1 amide bonds. The molecule has 0 saturated carbocycles. The first kappa shape index (κ1) is 17.5. The van der Waals surface area contributed by atoms with Gasteiger partial charge >= 0.3 is 0 Å². The van der Waals surface area contributed by atoms with Gasteiger partial charge in [-0.1, -0.05) is 24.7 Å². The Balaban J connectivity index is 1.44. The number of amides is 1. The number of likely N-dealkylation sites (tertiary alicyclic amines) is 1. The largest absolute Gasteiger partial charge is 0.375 e. The number of nitrogens with zero attached hydrogens (tertiary/aromatic N) is 5. The van der Waals surface area contributed by atoms with Gasteiger partial charge < -0.3 is 15.2 Å². The first-order valence-electron chi connectivity index (χ1n) is 9.63. The topological polar surface area (TPSA) is 89.9 Å². The molecule has 0 spiro atoms. The number of aryl methyl sites for hydroxylation is 2. The highest BCUT2D eigenvalue weighted by Crippen LogP contribution is 2.31. The fourth-order valence-electron chi connectivity index (χ4n) is 4.07. The molecule has 0 unspecified atom stereocenters. The molecule has 2 aliphatic heterocycles. The Morgan fingerprint density at radius 3 is 2.77 bits per heavy atom. The molecule has 26 heavy (non-hydrogen) atoms. The van der Waals surface area contributed by atoms with Crippen LogP contribution in [0.3, 0.4) is 0 Å². The predicted molar refractivity (Wildman–Crippen MR) is 101 cm³/mol. The summed E-state index contributed by atoms with van der Waals surface area (Å²) in [4.78, 5) is 19.8. The number of anilines is 1. The Bertz CT molecular complexity index is 790. The molecule has 2 aliphatic rings. The van der Waals surface area contributed by atoms with Crippen molar-refractivity contribution in [2.75, 3.05) is 18.8 Å². The van der Waals surface area contributed by atoms with E-state index in [0.717, 1.165) is 62.7 Å². The number of hydrogen-bond acceptors (Lipinski definition) is 6. The minimum absolute atomic E-state index is 0.0783. The lowest BCUT2D eigenvalue weighted by molar-refractivity contribution is 0.0714. The van der Waals surface area contributed by atoms with Crippen molar-refractivity contribution in [1.82, 2.24) is 24.6 Å². The third-order valence-corrected chi connectivity index (χ3v) is 6.44. The van der Waals surface area contributed by atoms with Gasteiger partial charge in [-0.15, -0.1) is 10.2 Å². The lowest BCUT2D eigenvalue weighted by Gasteiger charge is -2.31. The monoisotopic (exact) mass is 374 g/mol. The van der Waals surface area contributed by atoms with E-state index < -0.39 is 0 Å². The number of carbonyl (C=O) groups is 1. The van der Waals surface area contributed by atoms with Crippen LogP contribution in [0.1, 0.15) is 72.0 Å². The summed E-state index contributed by atoms with van der Waals surface area (Å²) in [6.07, 6.45) is 7.35. The molecular weight excluding hydrogens is 348 g/mol. The molecular formula is C18H26N6OS. The molecule has 0 bridgehead atoms. The van der Waals surface area contributed by atoms with Crippen molar-refractivity contribution in [2.45, 2.75) is 64.3 Å². The van der Waals surface area contributed by atoms with Crippen LogP contribution in [0, 0.1) is 0 Å². The zero-order valence-corrected chi connectivity index (χ0v) is 16.1. The van der Waals surface area contributed by atoms with Crippen LogP contribution >= 0.6 is 11.3 Å². The summed E-state index contributed by atoms with van der Waals surface area (Å²) in [5.41, 5.74) is 6.63. The van der Waals surface area contributed by atoms with E-state index in [9.17, 15) is 4.79 Å². The smallest absolute Gasteiger partial charge is 0.265 e. The quantitative estimate of drug-likeness (QED) is 0.892. The Hall–Kier alpha value is -1.96. The van der Waals surface area contributed by atoms with Gasteiger partial charge in [0, 0.05) is 32.0 Å². The second-order valence-electron chi connectivity index (χ2n) is 7.18. The molecule has 0 atom stereocenters. The van der Waals surface area contributed by atoms with Crippen LogP contribution in [0.2, 0.25) is 0 Å². The lowest BCUT2D eigenvalue weighted by atomic mass is 9.95. The third-order valence-electron chi connectivity index (χ3n) is 5.53. The van der Waals surface area contributed by atoms with Crippen molar-refractivity contribution in [1.29, 1.82) is 0 Å². The fraction of sp³-hybridized carbons (Fsp3) is 0.667. The molecule has 140 valence electrons. The third kappa shape index (κ3) is 3.22. The van der Waals surface area contributed by atoms with Gasteiger partial charge in [0.05, 0.1) is 5.69 Å². The van der Waals surface area contributed by atoms with E-state index in [4.69, 9.17) is 5.73 Å². The van der Waals surface area contributed by atoms with E-state index in [1.807, 2.05) is 11.8 Å². The maximum Gasteiger partial charge on any atom is 0.265 e. The summed E-state index contributed by atoms with van der Waals surface area (Å²) in [6, 6.07) is 0. The summed E-state index contributed by atoms with van der Waals surface area (Å²) >= 11 is 1.31. The number of nitrogens with two attached hydrogens (primary N) is 1. The molecule has 1 saturated heterocycles. The zero-order chi connectivity index (χ0) is 18.1. The van der Waals surface area contributed by atoms with E-state index in [0.29, 0.717) is 15.9 Å². The number of hydrogen-bond donors (Lipinski definition) is 1. The van der Waals surface area contributed by atoms with Crippen molar-refractivity contribution in [2.24, 2.45) is 0 Å². The predicted octanol–water partition coefficient (Wildman–Crippen LogP) is 2.63. The Kier molecular flexibility index (Phi) is 4.93. The molecule has 0 aliphatic carbocycles. The molecule has 4 heterocycles. The molecule has 7 nitrogen and oxygen atoms in total. The van der Waals surface area contributed by atoms with Crippen molar-refractivity contribution >= 4 is 22.4 Å². The first-order chi connectivity index (χ1) is 12.7. The maximum absolute atomic E-state index is 12.9. The molecule has 4 rings (SSSR count). The van der Waals surface area contributed by atoms with Crippen LogP contribution in [0.15, 0.2) is 0 Å². The van der Waals surface area contributed by atoms with Crippen molar-refractivity contribution in [3.8, 4) is 0 Å². The van der Waals surface area contributed by atoms with Gasteiger partial charge in [0.2, 0.25) is 0 Å². The van der Waals surface area contributed by atoms with Gasteiger partial charge in [-0.2, -0.15) is 0 Å². The van der Waals surface area contributed by atoms with Crippen molar-refractivity contribution in [3.63, 3.8) is 0 Å². The Morgan fingerprint density at radius 2 is 2.00 bits per heavy atom. The van der Waals surface area contributed by atoms with Crippen LogP contribution in [0.25, 0.3) is 0 Å². The number of fused-ring (bicyclic) bond motifs is 1. The minimum Gasteiger partial charge on any atom is -0.375 e. The maximum atomic E-state index is 12.9. The summed E-state index contributed by atoms with van der Waals surface area (Å²) < 4.78 is 2.34. The molecule has 0 radical (unpaired) electrons. The van der Waals surface area contributed by atoms with Crippen LogP contribution in [0.4, 0.5) is 5.13 Å². The first-order valence-corrected chi connectivity index (χ1v) is 10.5. The lowest BCUT2D eigenvalue weighted by Crippen LogP contribution is -2.38. The van der Waals surface area contributed by atoms with Gasteiger partial charge in [-0.05, 0) is 32.1 Å². The van der Waals surface area contributed by atoms with Crippen LogP contribution in [0.5, 0.6) is 0 Å². The van der Waals surface area contributed by atoms with E-state index in [2.05, 4.69) is 19.7 Å².